The van der Waals surface area contributed by atoms with Crippen molar-refractivity contribution in [3.05, 3.63) is 211 Å². The number of rotatable bonds is 0. The fraction of sp³-hybridized carbons (Fsp3) is 0.533. The lowest BCUT2D eigenvalue weighted by Crippen LogP contribution is -2.32. The van der Waals surface area contributed by atoms with Crippen LogP contribution in [0.15, 0.2) is 183 Å². The molecule has 1 aliphatic rings. The van der Waals surface area contributed by atoms with Crippen LogP contribution in [0.5, 0.6) is 0 Å². The van der Waals surface area contributed by atoms with Crippen molar-refractivity contribution < 1.29 is 22.8 Å². The maximum Gasteiger partial charge on any atom is 0.171 e. The molecule has 80 heavy (non-hydrogen) atoms. The molecule has 5 nitrogen and oxygen atoms in total. The van der Waals surface area contributed by atoms with Crippen LogP contribution >= 0.6 is 0 Å². The predicted octanol–water partition coefficient (Wildman–Crippen LogP) is 17.1. The Kier molecular flexibility index (Phi) is 34.4. The zero-order chi connectivity index (χ0) is 55.3. The van der Waals surface area contributed by atoms with Gasteiger partial charge in [-0.05, 0) is 159 Å². The van der Waals surface area contributed by atoms with Crippen molar-refractivity contribution in [2.75, 3.05) is 0 Å². The molecule has 0 aliphatic carbocycles. The molecule has 0 aromatic carbocycles. The van der Waals surface area contributed by atoms with Gasteiger partial charge in [-0.25, -0.2) is 22.8 Å². The van der Waals surface area contributed by atoms with Crippen LogP contribution in [0, 0.1) is 0 Å². The van der Waals surface area contributed by atoms with E-state index in [9.17, 15) is 0 Å². The SMILES string of the molecule is C1=CCC[n+]2cccc(c2)CCCCCCC=CCC[n+]2cccc(c2)CCCCCCC=CCC[n+]2cccc(c2)CCCCCCC=CCC[n+]2cccc(c2)CCCCCCC=CCC[n+]2cccc(c2)CCCCCC1. The van der Waals surface area contributed by atoms with Crippen LogP contribution in [0.25, 0.3) is 0 Å². The van der Waals surface area contributed by atoms with Crippen LogP contribution in [0.1, 0.15) is 220 Å². The van der Waals surface area contributed by atoms with Gasteiger partial charge in [0.15, 0.2) is 94.7 Å². The summed E-state index contributed by atoms with van der Waals surface area (Å²) in [6, 6.07) is 22.8. The molecular weight excluding hydrogens is 971 g/mol. The Balaban J connectivity index is 0.860. The van der Waals surface area contributed by atoms with Gasteiger partial charge in [0.1, 0.15) is 0 Å². The molecule has 430 valence electrons. The largest absolute Gasteiger partial charge is 0.205 e. The van der Waals surface area contributed by atoms with Gasteiger partial charge in [0.25, 0.3) is 0 Å². The van der Waals surface area contributed by atoms with Crippen LogP contribution in [0.3, 0.4) is 0 Å². The van der Waals surface area contributed by atoms with Gasteiger partial charge in [0.05, 0.1) is 0 Å². The van der Waals surface area contributed by atoms with Gasteiger partial charge in [-0.1, -0.05) is 125 Å². The third-order valence-corrected chi connectivity index (χ3v) is 16.1. The van der Waals surface area contributed by atoms with Crippen LogP contribution in [-0.4, -0.2) is 0 Å². The third kappa shape index (κ3) is 30.9. The standard InChI is InChI=1S/C75H110N5/c1-6-16-26-36-56-76-61-42-52-72(67-76)47-32-22-12-3-8-18-28-38-58-78-63-44-54-74(69-78)49-34-24-14-5-10-20-30-40-60-80-65-45-55-75(70-80)50-35-25-15-4-9-19-29-39-59-79-64-43-53-73(68-79)48-33-23-13-2-7-17-27-37-57-77-62-41-51-71(66-77)46-31-21-11-1/h16-20,26-30,41-45,51-55,61-70H,1-15,21-25,31-40,46-50,56-60H2/q+5. The van der Waals surface area contributed by atoms with Gasteiger partial charge < -0.3 is 0 Å². The Morgan fingerprint density at radius 1 is 0.188 bits per heavy atom. The molecule has 1 aliphatic heterocycles. The zero-order valence-corrected chi connectivity index (χ0v) is 50.3. The van der Waals surface area contributed by atoms with E-state index in [4.69, 9.17) is 0 Å². The van der Waals surface area contributed by atoms with Crippen LogP contribution < -0.4 is 22.8 Å². The topological polar surface area (TPSA) is 19.4 Å². The van der Waals surface area contributed by atoms with Crippen molar-refractivity contribution in [2.45, 2.75) is 257 Å². The molecule has 6 heterocycles. The van der Waals surface area contributed by atoms with Crippen LogP contribution in [0.2, 0.25) is 0 Å². The summed E-state index contributed by atoms with van der Waals surface area (Å²) in [5.41, 5.74) is 7.39. The van der Waals surface area contributed by atoms with Crippen LogP contribution in [-0.2, 0) is 64.8 Å². The number of aromatic nitrogens is 5. The molecule has 0 spiro atoms. The molecule has 0 atom stereocenters. The molecule has 0 unspecified atom stereocenters. The second-order valence-corrected chi connectivity index (χ2v) is 23.3. The Bertz CT molecular complexity index is 2110. The van der Waals surface area contributed by atoms with E-state index in [0.717, 1.165) is 64.8 Å². The van der Waals surface area contributed by atoms with Gasteiger partial charge in [0.2, 0.25) is 0 Å². The summed E-state index contributed by atoms with van der Waals surface area (Å²) in [7, 11) is 0. The van der Waals surface area contributed by atoms with E-state index in [1.807, 2.05) is 0 Å². The van der Waals surface area contributed by atoms with E-state index >= 15 is 0 Å². The summed E-state index contributed by atoms with van der Waals surface area (Å²) in [6.07, 6.45) is 90.9. The summed E-state index contributed by atoms with van der Waals surface area (Å²) in [4.78, 5) is 0. The molecule has 0 amide bonds. The summed E-state index contributed by atoms with van der Waals surface area (Å²) in [5, 5.41) is 0. The minimum atomic E-state index is 1.07. The number of aryl methyl sites for hydroxylation is 10. The molecule has 6 rings (SSSR count). The minimum absolute atomic E-state index is 1.07. The molecule has 0 radical (unpaired) electrons. The number of fused-ring (bicyclic) bond motifs is 10. The van der Waals surface area contributed by atoms with Gasteiger partial charge in [-0.2, -0.15) is 0 Å². The first-order valence-electron chi connectivity index (χ1n) is 32.9. The smallest absolute Gasteiger partial charge is 0.171 e. The van der Waals surface area contributed by atoms with E-state index in [2.05, 4.69) is 206 Å². The van der Waals surface area contributed by atoms with Crippen molar-refractivity contribution in [1.82, 2.24) is 0 Å². The van der Waals surface area contributed by atoms with Gasteiger partial charge in [0, 0.05) is 90.3 Å². The Hall–Kier alpha value is -5.55. The van der Waals surface area contributed by atoms with Crippen LogP contribution in [0.4, 0.5) is 0 Å². The number of pyridine rings is 5. The second kappa shape index (κ2) is 43.2. The van der Waals surface area contributed by atoms with Gasteiger partial charge in [-0.15, -0.1) is 0 Å². The molecule has 0 N–H and O–H groups in total. The highest BCUT2D eigenvalue weighted by Gasteiger charge is 2.08. The first-order valence-corrected chi connectivity index (χ1v) is 32.9. The predicted molar refractivity (Wildman–Crippen MR) is 336 cm³/mol. The first-order chi connectivity index (χ1) is 39.7. The molecular formula is C75H110N5+5. The Labute approximate surface area is 489 Å². The number of allylic oxidation sites excluding steroid dienone is 10. The third-order valence-electron chi connectivity index (χ3n) is 16.1. The first kappa shape index (κ1) is 63.6. The Morgan fingerprint density at radius 3 is 0.562 bits per heavy atom. The molecule has 5 aromatic rings. The second-order valence-electron chi connectivity index (χ2n) is 23.3. The Morgan fingerprint density at radius 2 is 0.362 bits per heavy atom. The lowest BCUT2D eigenvalue weighted by molar-refractivity contribution is -0.696. The summed E-state index contributed by atoms with van der Waals surface area (Å²) < 4.78 is 11.9. The normalized spacial score (nSPS) is 18.2. The monoisotopic (exact) mass is 1080 g/mol. The van der Waals surface area contributed by atoms with E-state index in [1.165, 1.54) is 220 Å². The zero-order valence-electron chi connectivity index (χ0n) is 50.3. The minimum Gasteiger partial charge on any atom is -0.205 e. The number of nitrogens with zero attached hydrogens (tertiary/aromatic N) is 5. The quantitative estimate of drug-likeness (QED) is 0.109. The summed E-state index contributed by atoms with van der Waals surface area (Å²) in [5.74, 6) is 0. The van der Waals surface area contributed by atoms with E-state index in [0.29, 0.717) is 0 Å². The molecule has 0 saturated heterocycles. The van der Waals surface area contributed by atoms with Gasteiger partial charge in [-0.3, -0.25) is 0 Å². The van der Waals surface area contributed by atoms with Crippen molar-refractivity contribution in [3.63, 3.8) is 0 Å². The summed E-state index contributed by atoms with van der Waals surface area (Å²) in [6.45, 7) is 5.34. The van der Waals surface area contributed by atoms with E-state index < -0.39 is 0 Å². The average molecular weight is 1080 g/mol. The maximum atomic E-state index is 2.42. The van der Waals surface area contributed by atoms with E-state index in [-0.39, 0.29) is 0 Å². The number of hydrogen-bond donors (Lipinski definition) is 0. The molecule has 10 bridgehead atoms. The fourth-order valence-corrected chi connectivity index (χ4v) is 11.3. The maximum absolute atomic E-state index is 2.42. The highest BCUT2D eigenvalue weighted by atomic mass is 14.9. The molecule has 5 aromatic heterocycles. The lowest BCUT2D eigenvalue weighted by atomic mass is 10.1. The van der Waals surface area contributed by atoms with Gasteiger partial charge >= 0.3 is 0 Å². The summed E-state index contributed by atoms with van der Waals surface area (Å²) >= 11 is 0. The van der Waals surface area contributed by atoms with E-state index in [1.54, 1.807) is 0 Å². The number of hydrogen-bond acceptors (Lipinski definition) is 0. The fourth-order valence-electron chi connectivity index (χ4n) is 11.3. The highest BCUT2D eigenvalue weighted by molar-refractivity contribution is 5.08. The highest BCUT2D eigenvalue weighted by Crippen LogP contribution is 2.14. The molecule has 0 saturated carbocycles. The average Bonchev–Trinajstić information content (AvgIpc) is 3.48. The van der Waals surface area contributed by atoms with Crippen molar-refractivity contribution >= 4 is 0 Å². The molecule has 0 fully saturated rings. The molecule has 5 heteroatoms. The van der Waals surface area contributed by atoms with Crippen molar-refractivity contribution in [3.8, 4) is 0 Å². The van der Waals surface area contributed by atoms with Crippen molar-refractivity contribution in [2.24, 2.45) is 0 Å². The lowest BCUT2D eigenvalue weighted by Gasteiger charge is -2.02. The van der Waals surface area contributed by atoms with Crippen molar-refractivity contribution in [1.29, 1.82) is 0 Å².